The normalized spacial score (nSPS) is 34.7. The van der Waals surface area contributed by atoms with E-state index in [0.29, 0.717) is 5.56 Å². The first kappa shape index (κ1) is 28.4. The molecule has 2 aliphatic rings. The van der Waals surface area contributed by atoms with Gasteiger partial charge in [0.25, 0.3) is 0 Å². The molecule has 10 atom stereocenters. The van der Waals surface area contributed by atoms with Gasteiger partial charge >= 0.3 is 0 Å². The van der Waals surface area contributed by atoms with E-state index in [9.17, 15) is 45.6 Å². The van der Waals surface area contributed by atoms with Crippen LogP contribution in [0.15, 0.2) is 51.7 Å². The Labute approximate surface area is 226 Å². The summed E-state index contributed by atoms with van der Waals surface area (Å²) in [4.78, 5) is 13.1. The van der Waals surface area contributed by atoms with E-state index in [4.69, 9.17) is 18.6 Å². The fourth-order valence-corrected chi connectivity index (χ4v) is 5.09. The van der Waals surface area contributed by atoms with Gasteiger partial charge in [0, 0.05) is 17.7 Å². The van der Waals surface area contributed by atoms with Crippen LogP contribution in [0.2, 0.25) is 0 Å². The molecule has 0 aliphatic carbocycles. The molecule has 0 radical (unpaired) electrons. The second kappa shape index (κ2) is 11.0. The summed E-state index contributed by atoms with van der Waals surface area (Å²) >= 11 is 0. The first-order valence-electron chi connectivity index (χ1n) is 12.6. The van der Waals surface area contributed by atoms with Crippen molar-refractivity contribution in [2.45, 2.75) is 68.1 Å². The number of hydrogen-bond donors (Lipinski definition) is 8. The van der Waals surface area contributed by atoms with Gasteiger partial charge in [-0.3, -0.25) is 4.79 Å². The summed E-state index contributed by atoms with van der Waals surface area (Å²) < 4.78 is 22.7. The molecular weight excluding hydrogens is 532 g/mol. The third-order valence-corrected chi connectivity index (χ3v) is 7.32. The van der Waals surface area contributed by atoms with Crippen LogP contribution in [0.25, 0.3) is 22.3 Å². The van der Waals surface area contributed by atoms with Gasteiger partial charge in [-0.1, -0.05) is 30.3 Å². The molecule has 3 aromatic rings. The zero-order valence-electron chi connectivity index (χ0n) is 21.1. The Morgan fingerprint density at radius 1 is 0.875 bits per heavy atom. The van der Waals surface area contributed by atoms with Crippen molar-refractivity contribution in [3.63, 3.8) is 0 Å². The minimum Gasteiger partial charge on any atom is -0.507 e. The zero-order chi connectivity index (χ0) is 28.9. The summed E-state index contributed by atoms with van der Waals surface area (Å²) in [6.07, 6.45) is -15.9. The van der Waals surface area contributed by atoms with Crippen molar-refractivity contribution in [1.29, 1.82) is 0 Å². The maximum atomic E-state index is 13.1. The molecule has 2 saturated heterocycles. The highest BCUT2D eigenvalue weighted by Crippen LogP contribution is 2.46. The topological polar surface area (TPSA) is 220 Å². The van der Waals surface area contributed by atoms with Crippen LogP contribution < -0.4 is 5.43 Å². The first-order chi connectivity index (χ1) is 19.0. The van der Waals surface area contributed by atoms with E-state index < -0.39 is 90.3 Å². The molecule has 5 rings (SSSR count). The predicted octanol–water partition coefficient (Wildman–Crippen LogP) is -0.762. The maximum absolute atomic E-state index is 13.1. The lowest BCUT2D eigenvalue weighted by Crippen LogP contribution is -2.61. The van der Waals surface area contributed by atoms with Crippen LogP contribution in [0.3, 0.4) is 0 Å². The quantitative estimate of drug-likeness (QED) is 0.192. The van der Waals surface area contributed by atoms with Crippen molar-refractivity contribution >= 4 is 11.0 Å². The molecular formula is C27H30O13. The van der Waals surface area contributed by atoms with Gasteiger partial charge in [-0.05, 0) is 6.92 Å². The highest BCUT2D eigenvalue weighted by atomic mass is 16.7. The molecule has 1 aromatic heterocycles. The van der Waals surface area contributed by atoms with Gasteiger partial charge in [0.1, 0.15) is 77.1 Å². The number of phenols is 2. The molecule has 0 spiro atoms. The molecule has 2 aromatic carbocycles. The Balaban J connectivity index is 1.59. The SMILES string of the molecule is CC1OC(OC2C(c3c(O)cc4oc(-c5ccccc5)cc(=O)c4c3O)OC(CO)C(O)C2O)C(O)C(O)C1O. The molecule has 216 valence electrons. The van der Waals surface area contributed by atoms with Crippen molar-refractivity contribution in [3.05, 3.63) is 58.3 Å². The number of aliphatic hydroxyl groups is 6. The average Bonchev–Trinajstić information content (AvgIpc) is 2.93. The Morgan fingerprint density at radius 3 is 2.25 bits per heavy atom. The van der Waals surface area contributed by atoms with Crippen molar-refractivity contribution in [3.8, 4) is 22.8 Å². The maximum Gasteiger partial charge on any atom is 0.197 e. The monoisotopic (exact) mass is 562 g/mol. The Kier molecular flexibility index (Phi) is 7.85. The van der Waals surface area contributed by atoms with E-state index in [1.54, 1.807) is 30.3 Å². The lowest BCUT2D eigenvalue weighted by Gasteiger charge is -2.46. The van der Waals surface area contributed by atoms with Crippen LogP contribution in [0.5, 0.6) is 11.5 Å². The van der Waals surface area contributed by atoms with Gasteiger partial charge < -0.3 is 59.5 Å². The van der Waals surface area contributed by atoms with E-state index in [-0.39, 0.29) is 16.7 Å². The highest BCUT2D eigenvalue weighted by Gasteiger charge is 2.51. The molecule has 0 bridgehead atoms. The molecule has 3 heterocycles. The summed E-state index contributed by atoms with van der Waals surface area (Å²) in [5, 5.41) is 83.6. The molecule has 13 heteroatoms. The minimum absolute atomic E-state index is 0.158. The Hall–Kier alpha value is -3.11. The van der Waals surface area contributed by atoms with Crippen molar-refractivity contribution in [2.75, 3.05) is 6.61 Å². The van der Waals surface area contributed by atoms with Gasteiger partial charge in [-0.25, -0.2) is 0 Å². The van der Waals surface area contributed by atoms with Crippen molar-refractivity contribution in [1.82, 2.24) is 0 Å². The van der Waals surface area contributed by atoms with E-state index in [2.05, 4.69) is 0 Å². The van der Waals surface area contributed by atoms with Gasteiger partial charge in [-0.15, -0.1) is 0 Å². The van der Waals surface area contributed by atoms with Crippen LogP contribution in [0.4, 0.5) is 0 Å². The van der Waals surface area contributed by atoms with E-state index in [1.807, 2.05) is 0 Å². The fourth-order valence-electron chi connectivity index (χ4n) is 5.09. The summed E-state index contributed by atoms with van der Waals surface area (Å²) in [7, 11) is 0. The Morgan fingerprint density at radius 2 is 1.57 bits per heavy atom. The summed E-state index contributed by atoms with van der Waals surface area (Å²) in [6.45, 7) is 0.631. The second-order valence-electron chi connectivity index (χ2n) is 9.91. The van der Waals surface area contributed by atoms with Crippen LogP contribution in [-0.4, -0.2) is 103 Å². The number of aliphatic hydroxyl groups excluding tert-OH is 6. The van der Waals surface area contributed by atoms with Gasteiger partial charge in [0.2, 0.25) is 0 Å². The van der Waals surface area contributed by atoms with E-state index in [1.165, 1.54) is 6.92 Å². The summed E-state index contributed by atoms with van der Waals surface area (Å²) in [5.41, 5.74) is -0.678. The summed E-state index contributed by atoms with van der Waals surface area (Å²) in [6, 6.07) is 10.9. The molecule has 10 unspecified atom stereocenters. The predicted molar refractivity (Wildman–Crippen MR) is 135 cm³/mol. The third-order valence-electron chi connectivity index (χ3n) is 7.32. The van der Waals surface area contributed by atoms with Crippen molar-refractivity contribution in [2.24, 2.45) is 0 Å². The minimum atomic E-state index is -1.84. The zero-order valence-corrected chi connectivity index (χ0v) is 21.1. The largest absolute Gasteiger partial charge is 0.507 e. The first-order valence-corrected chi connectivity index (χ1v) is 12.6. The van der Waals surface area contributed by atoms with Crippen LogP contribution in [0, 0.1) is 0 Å². The van der Waals surface area contributed by atoms with Crippen LogP contribution in [-0.2, 0) is 14.2 Å². The number of benzene rings is 2. The van der Waals surface area contributed by atoms with Crippen LogP contribution in [0.1, 0.15) is 18.6 Å². The molecule has 2 aliphatic heterocycles. The summed E-state index contributed by atoms with van der Waals surface area (Å²) in [5.74, 6) is -1.22. The molecule has 2 fully saturated rings. The third kappa shape index (κ3) is 4.85. The van der Waals surface area contributed by atoms with Gasteiger partial charge in [-0.2, -0.15) is 0 Å². The lowest BCUT2D eigenvalue weighted by molar-refractivity contribution is -0.338. The molecule has 40 heavy (non-hydrogen) atoms. The van der Waals surface area contributed by atoms with Gasteiger partial charge in [0.15, 0.2) is 11.7 Å². The number of hydrogen-bond acceptors (Lipinski definition) is 13. The van der Waals surface area contributed by atoms with E-state index >= 15 is 0 Å². The fraction of sp³-hybridized carbons (Fsp3) is 0.444. The molecule has 8 N–H and O–H groups in total. The number of phenolic OH excluding ortho intramolecular Hbond substituents is 2. The smallest absolute Gasteiger partial charge is 0.197 e. The van der Waals surface area contributed by atoms with E-state index in [0.717, 1.165) is 12.1 Å². The molecule has 13 nitrogen and oxygen atoms in total. The number of rotatable bonds is 5. The average molecular weight is 563 g/mol. The lowest BCUT2D eigenvalue weighted by atomic mass is 9.89. The number of fused-ring (bicyclic) bond motifs is 1. The highest BCUT2D eigenvalue weighted by molar-refractivity contribution is 5.88. The van der Waals surface area contributed by atoms with Crippen molar-refractivity contribution < 1.29 is 59.5 Å². The standard InChI is InChI=1S/C27H30O13/c1-10-19(31)22(34)24(36)27(37-10)40-26-23(35)20(32)16(9-28)39-25(26)18-13(30)8-15-17(21(18)33)12(29)7-14(38-15)11-5-3-2-4-6-11/h2-8,10,16,19-20,22-28,30-36H,9H2,1H3. The number of ether oxygens (including phenoxy) is 3. The Bertz CT molecular complexity index is 1410. The molecule has 0 amide bonds. The second-order valence-corrected chi connectivity index (χ2v) is 9.91. The van der Waals surface area contributed by atoms with Gasteiger partial charge in [0.05, 0.1) is 18.3 Å². The van der Waals surface area contributed by atoms with Crippen LogP contribution >= 0.6 is 0 Å². The number of aromatic hydroxyl groups is 2. The molecule has 0 saturated carbocycles.